The molecule has 7 nitrogen and oxygen atoms in total. The standard InChI is InChI=1S/C10H10N4O3S/c1-13(6-7-4-11-12-5-7)10(15)8-2-3-9(18-8)14(16)17/h2-5H,6H2,1H3,(H,11,12). The van der Waals surface area contributed by atoms with Gasteiger partial charge in [0.05, 0.1) is 16.0 Å². The highest BCUT2D eigenvalue weighted by Gasteiger charge is 2.18. The third-order valence-corrected chi connectivity index (χ3v) is 3.33. The van der Waals surface area contributed by atoms with Gasteiger partial charge in [-0.25, -0.2) is 0 Å². The van der Waals surface area contributed by atoms with Gasteiger partial charge >= 0.3 is 5.00 Å². The quantitative estimate of drug-likeness (QED) is 0.672. The summed E-state index contributed by atoms with van der Waals surface area (Å²) < 4.78 is 0. The average Bonchev–Trinajstić information content (AvgIpc) is 2.98. The Morgan fingerprint density at radius 1 is 1.61 bits per heavy atom. The van der Waals surface area contributed by atoms with Crippen molar-refractivity contribution in [3.8, 4) is 0 Å². The van der Waals surface area contributed by atoms with E-state index < -0.39 is 4.92 Å². The van der Waals surface area contributed by atoms with Gasteiger partial charge in [-0.3, -0.25) is 20.0 Å². The number of hydrogen-bond acceptors (Lipinski definition) is 5. The fourth-order valence-corrected chi connectivity index (χ4v) is 2.25. The third kappa shape index (κ3) is 2.54. The zero-order chi connectivity index (χ0) is 13.1. The Hall–Kier alpha value is -2.22. The molecule has 0 atom stereocenters. The van der Waals surface area contributed by atoms with Crippen LogP contribution in [0.25, 0.3) is 0 Å². The third-order valence-electron chi connectivity index (χ3n) is 2.30. The summed E-state index contributed by atoms with van der Waals surface area (Å²) >= 11 is 0.876. The highest BCUT2D eigenvalue weighted by atomic mass is 32.1. The summed E-state index contributed by atoms with van der Waals surface area (Å²) in [5.41, 5.74) is 0.872. The number of rotatable bonds is 4. The van der Waals surface area contributed by atoms with Gasteiger partial charge in [-0.1, -0.05) is 11.3 Å². The second kappa shape index (κ2) is 4.96. The predicted octanol–water partition coefficient (Wildman–Crippen LogP) is 1.65. The SMILES string of the molecule is CN(Cc1cn[nH]c1)C(=O)c1ccc([N+](=O)[O-])s1. The van der Waals surface area contributed by atoms with Crippen molar-refractivity contribution in [2.24, 2.45) is 0 Å². The first kappa shape index (κ1) is 12.2. The highest BCUT2D eigenvalue weighted by molar-refractivity contribution is 7.17. The molecule has 2 aromatic rings. The summed E-state index contributed by atoms with van der Waals surface area (Å²) in [6.45, 7) is 0.404. The van der Waals surface area contributed by atoms with Crippen LogP contribution in [0.5, 0.6) is 0 Å². The lowest BCUT2D eigenvalue weighted by atomic mass is 10.3. The summed E-state index contributed by atoms with van der Waals surface area (Å²) in [6.07, 6.45) is 3.32. The number of amides is 1. The van der Waals surface area contributed by atoms with Crippen molar-refractivity contribution in [2.45, 2.75) is 6.54 Å². The molecule has 0 aromatic carbocycles. The number of carbonyl (C=O) groups excluding carboxylic acids is 1. The summed E-state index contributed by atoms with van der Waals surface area (Å²) in [5, 5.41) is 17.0. The van der Waals surface area contributed by atoms with Crippen molar-refractivity contribution in [1.82, 2.24) is 15.1 Å². The van der Waals surface area contributed by atoms with Gasteiger partial charge in [0.2, 0.25) is 0 Å². The Bertz CT molecular complexity index is 563. The monoisotopic (exact) mass is 266 g/mol. The fourth-order valence-electron chi connectivity index (χ4n) is 1.44. The molecule has 0 saturated carbocycles. The number of nitro groups is 1. The Balaban J connectivity index is 2.08. The summed E-state index contributed by atoms with van der Waals surface area (Å²) in [5.74, 6) is -0.241. The first-order valence-electron chi connectivity index (χ1n) is 5.05. The van der Waals surface area contributed by atoms with Crippen LogP contribution in [0.15, 0.2) is 24.5 Å². The van der Waals surface area contributed by atoms with Crippen molar-refractivity contribution in [3.63, 3.8) is 0 Å². The molecule has 0 aliphatic heterocycles. The number of carbonyl (C=O) groups is 1. The van der Waals surface area contributed by atoms with E-state index in [9.17, 15) is 14.9 Å². The Morgan fingerprint density at radius 3 is 2.94 bits per heavy atom. The van der Waals surface area contributed by atoms with Crippen LogP contribution in [-0.4, -0.2) is 33.0 Å². The number of hydrogen-bond donors (Lipinski definition) is 1. The Labute approximate surface area is 106 Å². The highest BCUT2D eigenvalue weighted by Crippen LogP contribution is 2.25. The van der Waals surface area contributed by atoms with E-state index in [2.05, 4.69) is 10.2 Å². The van der Waals surface area contributed by atoms with E-state index in [0.29, 0.717) is 11.4 Å². The summed E-state index contributed by atoms with van der Waals surface area (Å²) in [7, 11) is 1.64. The van der Waals surface area contributed by atoms with Gasteiger partial charge in [-0.05, 0) is 6.07 Å². The maximum Gasteiger partial charge on any atom is 0.324 e. The summed E-state index contributed by atoms with van der Waals surface area (Å²) in [4.78, 5) is 23.9. The Morgan fingerprint density at radius 2 is 2.39 bits per heavy atom. The van der Waals surface area contributed by atoms with Crippen molar-refractivity contribution in [3.05, 3.63) is 45.1 Å². The number of nitrogens with one attached hydrogen (secondary N) is 1. The van der Waals surface area contributed by atoms with Gasteiger partial charge in [0.15, 0.2) is 0 Å². The molecule has 8 heteroatoms. The molecule has 2 heterocycles. The predicted molar refractivity (Wildman–Crippen MR) is 65.4 cm³/mol. The van der Waals surface area contributed by atoms with Crippen LogP contribution in [0, 0.1) is 10.1 Å². The van der Waals surface area contributed by atoms with Crippen molar-refractivity contribution >= 4 is 22.2 Å². The van der Waals surface area contributed by atoms with Gasteiger partial charge in [0.1, 0.15) is 0 Å². The molecular weight excluding hydrogens is 256 g/mol. The molecule has 94 valence electrons. The molecular formula is C10H10N4O3S. The molecule has 2 aromatic heterocycles. The van der Waals surface area contributed by atoms with Crippen molar-refractivity contribution in [2.75, 3.05) is 7.05 Å². The molecule has 0 spiro atoms. The van der Waals surface area contributed by atoms with E-state index in [1.165, 1.54) is 17.0 Å². The molecule has 0 aliphatic carbocycles. The molecule has 18 heavy (non-hydrogen) atoms. The van der Waals surface area contributed by atoms with Crippen LogP contribution in [0.1, 0.15) is 15.2 Å². The maximum atomic E-state index is 12.0. The van der Waals surface area contributed by atoms with E-state index in [-0.39, 0.29) is 10.9 Å². The van der Waals surface area contributed by atoms with E-state index >= 15 is 0 Å². The van der Waals surface area contributed by atoms with Crippen LogP contribution in [0.4, 0.5) is 5.00 Å². The average molecular weight is 266 g/mol. The van der Waals surface area contributed by atoms with Crippen LogP contribution in [0.3, 0.4) is 0 Å². The molecule has 1 amide bonds. The molecule has 0 aliphatic rings. The molecule has 0 bridgehead atoms. The van der Waals surface area contributed by atoms with Gasteiger partial charge in [0.25, 0.3) is 5.91 Å². The number of H-pyrrole nitrogens is 1. The minimum Gasteiger partial charge on any atom is -0.337 e. The second-order valence-corrected chi connectivity index (χ2v) is 4.72. The van der Waals surface area contributed by atoms with Gasteiger partial charge < -0.3 is 4.90 Å². The first-order chi connectivity index (χ1) is 8.58. The van der Waals surface area contributed by atoms with Crippen LogP contribution < -0.4 is 0 Å². The lowest BCUT2D eigenvalue weighted by molar-refractivity contribution is -0.380. The number of thiophene rings is 1. The molecule has 1 N–H and O–H groups in total. The number of aromatic nitrogens is 2. The fraction of sp³-hybridized carbons (Fsp3) is 0.200. The molecule has 0 radical (unpaired) electrons. The van der Waals surface area contributed by atoms with Crippen molar-refractivity contribution in [1.29, 1.82) is 0 Å². The lowest BCUT2D eigenvalue weighted by Gasteiger charge is -2.14. The van der Waals surface area contributed by atoms with Crippen LogP contribution in [-0.2, 0) is 6.54 Å². The van der Waals surface area contributed by atoms with Crippen LogP contribution >= 0.6 is 11.3 Å². The number of aromatic amines is 1. The normalized spacial score (nSPS) is 10.3. The zero-order valence-electron chi connectivity index (χ0n) is 9.49. The summed E-state index contributed by atoms with van der Waals surface area (Å²) in [6, 6.07) is 2.81. The molecule has 0 saturated heterocycles. The lowest BCUT2D eigenvalue weighted by Crippen LogP contribution is -2.25. The first-order valence-corrected chi connectivity index (χ1v) is 5.87. The largest absolute Gasteiger partial charge is 0.337 e. The smallest absolute Gasteiger partial charge is 0.324 e. The maximum absolute atomic E-state index is 12.0. The van der Waals surface area contributed by atoms with Gasteiger partial charge in [-0.15, -0.1) is 0 Å². The topological polar surface area (TPSA) is 92.1 Å². The van der Waals surface area contributed by atoms with Gasteiger partial charge in [-0.2, -0.15) is 5.10 Å². The molecule has 2 rings (SSSR count). The van der Waals surface area contributed by atoms with Crippen molar-refractivity contribution < 1.29 is 9.72 Å². The van der Waals surface area contributed by atoms with Gasteiger partial charge in [0, 0.05) is 31.4 Å². The Kier molecular flexibility index (Phi) is 3.38. The number of nitrogens with zero attached hydrogens (tertiary/aromatic N) is 3. The molecule has 0 fully saturated rings. The van der Waals surface area contributed by atoms with E-state index in [1.807, 2.05) is 0 Å². The zero-order valence-corrected chi connectivity index (χ0v) is 10.3. The van der Waals surface area contributed by atoms with Crippen LogP contribution in [0.2, 0.25) is 0 Å². The minimum absolute atomic E-state index is 0.0324. The minimum atomic E-state index is -0.502. The van der Waals surface area contributed by atoms with E-state index in [1.54, 1.807) is 19.4 Å². The second-order valence-electron chi connectivity index (χ2n) is 3.66. The van der Waals surface area contributed by atoms with E-state index in [0.717, 1.165) is 16.9 Å². The van der Waals surface area contributed by atoms with E-state index in [4.69, 9.17) is 0 Å². The molecule has 0 unspecified atom stereocenters.